The molecule has 0 aliphatic heterocycles. The molecule has 1 unspecified atom stereocenters. The Labute approximate surface area is 132 Å². The molecule has 0 aromatic heterocycles. The first-order chi connectivity index (χ1) is 9.82. The van der Waals surface area contributed by atoms with E-state index in [9.17, 15) is 14.7 Å². The van der Waals surface area contributed by atoms with Gasteiger partial charge in [0.15, 0.2) is 0 Å². The van der Waals surface area contributed by atoms with E-state index in [0.29, 0.717) is 24.2 Å². The molecule has 0 aliphatic rings. The maximum absolute atomic E-state index is 12.1. The number of aliphatic carboxylic acids is 1. The Hall–Kier alpha value is -1.56. The molecular formula is C15H20BrNO4. The number of amides is 1. The van der Waals surface area contributed by atoms with Gasteiger partial charge >= 0.3 is 5.97 Å². The fourth-order valence-corrected chi connectivity index (χ4v) is 2.54. The molecule has 0 aliphatic carbocycles. The first-order valence-corrected chi connectivity index (χ1v) is 7.48. The highest BCUT2D eigenvalue weighted by atomic mass is 79.9. The lowest BCUT2D eigenvalue weighted by Gasteiger charge is -2.26. The van der Waals surface area contributed by atoms with Crippen LogP contribution in [-0.2, 0) is 16.0 Å². The summed E-state index contributed by atoms with van der Waals surface area (Å²) in [5, 5.41) is 11.9. The van der Waals surface area contributed by atoms with Gasteiger partial charge in [0, 0.05) is 10.0 Å². The molecule has 0 radical (unpaired) electrons. The Morgan fingerprint density at radius 3 is 2.62 bits per heavy atom. The smallest absolute Gasteiger partial charge is 0.329 e. The fourth-order valence-electron chi connectivity index (χ4n) is 2.13. The number of carbonyl (C=O) groups excluding carboxylic acids is 1. The molecule has 0 spiro atoms. The lowest BCUT2D eigenvalue weighted by Crippen LogP contribution is -2.52. The second-order valence-electron chi connectivity index (χ2n) is 5.07. The van der Waals surface area contributed by atoms with Crippen LogP contribution >= 0.6 is 15.9 Å². The van der Waals surface area contributed by atoms with Gasteiger partial charge in [0.25, 0.3) is 0 Å². The van der Waals surface area contributed by atoms with E-state index in [2.05, 4.69) is 21.2 Å². The summed E-state index contributed by atoms with van der Waals surface area (Å²) in [4.78, 5) is 23.5. The van der Waals surface area contributed by atoms with E-state index in [0.717, 1.165) is 4.47 Å². The summed E-state index contributed by atoms with van der Waals surface area (Å²) in [6.45, 7) is 3.40. The van der Waals surface area contributed by atoms with E-state index in [1.165, 1.54) is 14.0 Å². The van der Waals surface area contributed by atoms with Crippen molar-refractivity contribution in [1.29, 1.82) is 0 Å². The third kappa shape index (κ3) is 4.74. The van der Waals surface area contributed by atoms with E-state index in [-0.39, 0.29) is 12.3 Å². The summed E-state index contributed by atoms with van der Waals surface area (Å²) in [6, 6.07) is 5.37. The third-order valence-corrected chi connectivity index (χ3v) is 3.72. The minimum absolute atomic E-state index is 0.0647. The van der Waals surface area contributed by atoms with Gasteiger partial charge in [-0.3, -0.25) is 4.79 Å². The fraction of sp³-hybridized carbons (Fsp3) is 0.467. The standard InChI is InChI=1S/C15H20BrNO4/c1-4-7-15(2,14(19)20)17-13(18)9-10-8-11(16)5-6-12(10)21-3/h5-6,8H,4,7,9H2,1-3H3,(H,17,18)(H,19,20). The minimum atomic E-state index is -1.24. The lowest BCUT2D eigenvalue weighted by molar-refractivity contribution is -0.147. The van der Waals surface area contributed by atoms with Gasteiger partial charge in [0.05, 0.1) is 13.5 Å². The number of rotatable bonds is 7. The number of benzene rings is 1. The van der Waals surface area contributed by atoms with Crippen molar-refractivity contribution < 1.29 is 19.4 Å². The maximum atomic E-state index is 12.1. The monoisotopic (exact) mass is 357 g/mol. The van der Waals surface area contributed by atoms with E-state index in [4.69, 9.17) is 4.74 Å². The molecule has 1 atom stereocenters. The van der Waals surface area contributed by atoms with Crippen molar-refractivity contribution >= 4 is 27.8 Å². The van der Waals surface area contributed by atoms with Crippen LogP contribution in [0.25, 0.3) is 0 Å². The van der Waals surface area contributed by atoms with Gasteiger partial charge in [-0.05, 0) is 31.5 Å². The Bertz CT molecular complexity index is 532. The van der Waals surface area contributed by atoms with E-state index >= 15 is 0 Å². The number of carboxylic acids is 1. The van der Waals surface area contributed by atoms with Gasteiger partial charge in [0.1, 0.15) is 11.3 Å². The van der Waals surface area contributed by atoms with Gasteiger partial charge in [-0.1, -0.05) is 29.3 Å². The number of carbonyl (C=O) groups is 2. The molecule has 0 saturated carbocycles. The first-order valence-electron chi connectivity index (χ1n) is 6.69. The van der Waals surface area contributed by atoms with Crippen LogP contribution in [0.4, 0.5) is 0 Å². The Kier molecular flexibility index (Phi) is 6.20. The average Bonchev–Trinajstić information content (AvgIpc) is 2.38. The zero-order valence-electron chi connectivity index (χ0n) is 12.4. The predicted octanol–water partition coefficient (Wildman–Crippen LogP) is 2.76. The summed E-state index contributed by atoms with van der Waals surface area (Å²) in [6.07, 6.45) is 1.11. The number of hydrogen-bond acceptors (Lipinski definition) is 3. The quantitative estimate of drug-likeness (QED) is 0.786. The Balaban J connectivity index is 2.86. The van der Waals surface area contributed by atoms with Crippen LogP contribution < -0.4 is 10.1 Å². The summed E-state index contributed by atoms with van der Waals surface area (Å²) in [5.74, 6) is -0.774. The van der Waals surface area contributed by atoms with Crippen LogP contribution in [0.1, 0.15) is 32.3 Å². The Morgan fingerprint density at radius 1 is 1.43 bits per heavy atom. The second kappa shape index (κ2) is 7.45. The van der Waals surface area contributed by atoms with Gasteiger partial charge < -0.3 is 15.2 Å². The van der Waals surface area contributed by atoms with Crippen LogP contribution in [0.3, 0.4) is 0 Å². The normalized spacial score (nSPS) is 13.3. The summed E-state index contributed by atoms with van der Waals surface area (Å²) >= 11 is 3.34. The summed E-state index contributed by atoms with van der Waals surface area (Å²) in [5.41, 5.74) is -0.543. The number of methoxy groups -OCH3 is 1. The molecule has 21 heavy (non-hydrogen) atoms. The van der Waals surface area contributed by atoms with Crippen LogP contribution in [0.5, 0.6) is 5.75 Å². The molecule has 0 saturated heterocycles. The van der Waals surface area contributed by atoms with Gasteiger partial charge in [-0.2, -0.15) is 0 Å². The van der Waals surface area contributed by atoms with Crippen LogP contribution in [0, 0.1) is 0 Å². The lowest BCUT2D eigenvalue weighted by atomic mass is 9.95. The van der Waals surface area contributed by atoms with Crippen molar-refractivity contribution in [1.82, 2.24) is 5.32 Å². The molecule has 5 nitrogen and oxygen atoms in total. The highest BCUT2D eigenvalue weighted by Gasteiger charge is 2.33. The second-order valence-corrected chi connectivity index (χ2v) is 5.98. The molecule has 0 fully saturated rings. The molecule has 2 N–H and O–H groups in total. The first kappa shape index (κ1) is 17.5. The zero-order chi connectivity index (χ0) is 16.0. The summed E-state index contributed by atoms with van der Waals surface area (Å²) < 4.78 is 6.04. The number of carboxylic acid groups (broad SMARTS) is 1. The average molecular weight is 358 g/mol. The number of ether oxygens (including phenoxy) is 1. The van der Waals surface area contributed by atoms with Crippen molar-refractivity contribution in [2.24, 2.45) is 0 Å². The topological polar surface area (TPSA) is 75.6 Å². The SMILES string of the molecule is CCCC(C)(NC(=O)Cc1cc(Br)ccc1OC)C(=O)O. The molecule has 0 heterocycles. The zero-order valence-corrected chi connectivity index (χ0v) is 14.0. The van der Waals surface area contributed by atoms with Crippen LogP contribution in [-0.4, -0.2) is 29.6 Å². The predicted molar refractivity (Wildman–Crippen MR) is 83.5 cm³/mol. The van der Waals surface area contributed by atoms with Crippen LogP contribution in [0.15, 0.2) is 22.7 Å². The van der Waals surface area contributed by atoms with Crippen molar-refractivity contribution in [2.75, 3.05) is 7.11 Å². The highest BCUT2D eigenvalue weighted by Crippen LogP contribution is 2.23. The largest absolute Gasteiger partial charge is 0.496 e. The van der Waals surface area contributed by atoms with E-state index in [1.807, 2.05) is 13.0 Å². The van der Waals surface area contributed by atoms with Gasteiger partial charge in [-0.25, -0.2) is 4.79 Å². The highest BCUT2D eigenvalue weighted by molar-refractivity contribution is 9.10. The van der Waals surface area contributed by atoms with Gasteiger partial charge in [-0.15, -0.1) is 0 Å². The third-order valence-electron chi connectivity index (χ3n) is 3.23. The van der Waals surface area contributed by atoms with Crippen molar-refractivity contribution in [3.8, 4) is 5.75 Å². The number of nitrogens with one attached hydrogen (secondary N) is 1. The van der Waals surface area contributed by atoms with E-state index in [1.54, 1.807) is 12.1 Å². The molecule has 1 rings (SSSR count). The maximum Gasteiger partial charge on any atom is 0.329 e. The summed E-state index contributed by atoms with van der Waals surface area (Å²) in [7, 11) is 1.53. The molecular weight excluding hydrogens is 338 g/mol. The molecule has 0 bridgehead atoms. The Morgan fingerprint density at radius 2 is 2.10 bits per heavy atom. The number of halogens is 1. The molecule has 116 valence electrons. The number of hydrogen-bond donors (Lipinski definition) is 2. The molecule has 1 aromatic carbocycles. The molecule has 1 amide bonds. The van der Waals surface area contributed by atoms with Crippen LogP contribution in [0.2, 0.25) is 0 Å². The van der Waals surface area contributed by atoms with Crippen molar-refractivity contribution in [3.05, 3.63) is 28.2 Å². The van der Waals surface area contributed by atoms with E-state index < -0.39 is 11.5 Å². The van der Waals surface area contributed by atoms with Crippen molar-refractivity contribution in [2.45, 2.75) is 38.6 Å². The molecule has 6 heteroatoms. The van der Waals surface area contributed by atoms with Gasteiger partial charge in [0.2, 0.25) is 5.91 Å². The minimum Gasteiger partial charge on any atom is -0.496 e. The van der Waals surface area contributed by atoms with Crippen molar-refractivity contribution in [3.63, 3.8) is 0 Å². The molecule has 1 aromatic rings.